The Balaban J connectivity index is -0.0000000476. The molecule has 4 aliphatic rings. The Morgan fingerprint density at radius 2 is 0.615 bits per heavy atom. The molecule has 0 aromatic heterocycles. The third kappa shape index (κ3) is 32.4. The molecule has 0 bridgehead atoms. The van der Waals surface area contributed by atoms with E-state index >= 15 is 0 Å². The summed E-state index contributed by atoms with van der Waals surface area (Å²) in [6.07, 6.45) is 40.0. The number of halogens is 2. The van der Waals surface area contributed by atoms with Gasteiger partial charge in [0, 0.05) is 51.7 Å². The Morgan fingerprint density at radius 1 is 0.423 bits per heavy atom. The van der Waals surface area contributed by atoms with E-state index in [0.717, 1.165) is 25.7 Å². The van der Waals surface area contributed by atoms with Gasteiger partial charge in [-0.1, -0.05) is 0 Å². The maximum Gasteiger partial charge on any atom is 0 e. The quantitative estimate of drug-likeness (QED) is 0.182. The number of rotatable bonds is 0. The molecule has 0 atom stereocenters. The smallest absolute Gasteiger partial charge is 0 e. The molecule has 0 unspecified atom stereocenters. The summed E-state index contributed by atoms with van der Waals surface area (Å²) in [6.45, 7) is 0. The van der Waals surface area contributed by atoms with Crippen molar-refractivity contribution < 1.29 is 76.5 Å². The van der Waals surface area contributed by atoms with Crippen molar-refractivity contribution in [2.45, 2.75) is 25.7 Å². The first-order chi connectivity index (χ1) is 10.0. The molecule has 0 saturated carbocycles. The fourth-order valence-electron chi connectivity index (χ4n) is 1.36. The number of hydrogen-bond donors (Lipinski definition) is 0. The van der Waals surface area contributed by atoms with Gasteiger partial charge in [0.25, 0.3) is 0 Å². The maximum absolute atomic E-state index is 2.99. The fourth-order valence-corrected chi connectivity index (χ4v) is 1.36. The molecule has 0 spiro atoms. The normalized spacial score (nSPS) is 13.5. The molecular weight excluding hydrogens is 724 g/mol. The second kappa shape index (κ2) is 36.6. The molecule has 4 aliphatic carbocycles. The van der Waals surface area contributed by atoms with Gasteiger partial charge in [-0.25, -0.2) is 48.6 Å². The van der Waals surface area contributed by atoms with Crippen LogP contribution in [0.15, 0.2) is 72.9 Å². The van der Waals surface area contributed by atoms with Crippen molar-refractivity contribution in [3.05, 3.63) is 97.2 Å². The van der Waals surface area contributed by atoms with Crippen molar-refractivity contribution in [2.75, 3.05) is 0 Å². The van der Waals surface area contributed by atoms with Gasteiger partial charge in [-0.05, 0) is 21.9 Å². The molecule has 0 N–H and O–H groups in total. The Morgan fingerprint density at radius 3 is 0.654 bits per heavy atom. The van der Waals surface area contributed by atoms with Gasteiger partial charge in [0.2, 0.25) is 0 Å². The summed E-state index contributed by atoms with van der Waals surface area (Å²) in [5.74, 6) is 0. The van der Waals surface area contributed by atoms with Gasteiger partial charge in [-0.15, -0.1) is 25.7 Å². The van der Waals surface area contributed by atoms with Crippen LogP contribution in [0.1, 0.15) is 25.7 Å². The van der Waals surface area contributed by atoms with Crippen molar-refractivity contribution >= 4 is 21.9 Å². The average Bonchev–Trinajstić information content (AvgIpc) is 3.40. The summed E-state index contributed by atoms with van der Waals surface area (Å²) in [6, 6.07) is 0. The summed E-state index contributed by atoms with van der Waals surface area (Å²) in [5, 5.41) is 0. The van der Waals surface area contributed by atoms with Crippen LogP contribution >= 0.6 is 0 Å². The van der Waals surface area contributed by atoms with Crippen LogP contribution in [0, 0.1) is 24.3 Å². The number of allylic oxidation sites excluding steroid dienone is 16. The van der Waals surface area contributed by atoms with Crippen LogP contribution in [0.5, 0.6) is 0 Å². The minimum absolute atomic E-state index is 0. The standard InChI is InChI=1S/4C5H5.2ClH.2Hf.2H3Si/c4*1-2-4-5-3-1;;;;;;/h4*1-3H,4H2;2*1H;;;2*1H3/q4*-1;;;;;;/p-2. The largest absolute Gasteiger partial charge is 1.00 e. The van der Waals surface area contributed by atoms with Crippen LogP contribution in [-0.2, 0) is 51.7 Å². The van der Waals surface area contributed by atoms with Gasteiger partial charge in [0.15, 0.2) is 0 Å². The summed E-state index contributed by atoms with van der Waals surface area (Å²) >= 11 is 0. The minimum Gasteiger partial charge on any atom is -1.00 e. The summed E-state index contributed by atoms with van der Waals surface area (Å²) in [4.78, 5) is 0. The van der Waals surface area contributed by atoms with E-state index in [4.69, 9.17) is 0 Å². The van der Waals surface area contributed by atoms with Crippen LogP contribution in [0.3, 0.4) is 0 Å². The molecule has 0 fully saturated rings. The first-order valence-electron chi connectivity index (χ1n) is 6.87. The third-order valence-corrected chi connectivity index (χ3v) is 2.34. The molecule has 0 saturated heterocycles. The van der Waals surface area contributed by atoms with Gasteiger partial charge >= 0.3 is 0 Å². The summed E-state index contributed by atoms with van der Waals surface area (Å²) in [5.41, 5.74) is 0. The molecule has 0 aromatic carbocycles. The van der Waals surface area contributed by atoms with E-state index in [0.29, 0.717) is 0 Å². The van der Waals surface area contributed by atoms with Crippen LogP contribution in [0.2, 0.25) is 0 Å². The Bertz CT molecular complexity index is 350. The van der Waals surface area contributed by atoms with Gasteiger partial charge in [-0.2, -0.15) is 24.3 Å². The van der Waals surface area contributed by atoms with Crippen LogP contribution in [-0.4, -0.2) is 21.9 Å². The average molecular weight is 750 g/mol. The molecule has 0 nitrogen and oxygen atoms in total. The second-order valence-electron chi connectivity index (χ2n) is 4.01. The molecule has 0 amide bonds. The zero-order valence-corrected chi connectivity index (χ0v) is 28.2. The summed E-state index contributed by atoms with van der Waals surface area (Å²) < 4.78 is 0. The zero-order chi connectivity index (χ0) is 14.1. The van der Waals surface area contributed by atoms with E-state index < -0.39 is 0 Å². The van der Waals surface area contributed by atoms with E-state index in [1.807, 2.05) is 48.6 Å². The van der Waals surface area contributed by atoms with Crippen molar-refractivity contribution in [3.8, 4) is 0 Å². The molecule has 0 aliphatic heterocycles. The van der Waals surface area contributed by atoms with Crippen molar-refractivity contribution in [3.63, 3.8) is 0 Å². The van der Waals surface area contributed by atoms with E-state index in [-0.39, 0.29) is 98.4 Å². The second-order valence-corrected chi connectivity index (χ2v) is 4.01. The van der Waals surface area contributed by atoms with Gasteiger partial charge in [-0.3, -0.25) is 24.3 Å². The Hall–Kier alpha value is 0.674. The molecule has 2 radical (unpaired) electrons. The van der Waals surface area contributed by atoms with Gasteiger partial charge < -0.3 is 24.8 Å². The topological polar surface area (TPSA) is 0 Å². The molecular formula is C20H26Cl2Hf2Si2-6. The first-order valence-corrected chi connectivity index (χ1v) is 6.87. The van der Waals surface area contributed by atoms with E-state index in [2.05, 4.69) is 48.6 Å². The molecule has 142 valence electrons. The summed E-state index contributed by atoms with van der Waals surface area (Å²) in [7, 11) is 0. The zero-order valence-electron chi connectivity index (χ0n) is 15.5. The van der Waals surface area contributed by atoms with Crippen molar-refractivity contribution in [1.82, 2.24) is 0 Å². The molecule has 0 heterocycles. The third-order valence-electron chi connectivity index (χ3n) is 2.34. The maximum atomic E-state index is 2.99. The van der Waals surface area contributed by atoms with E-state index in [1.165, 1.54) is 0 Å². The van der Waals surface area contributed by atoms with Crippen LogP contribution in [0.25, 0.3) is 0 Å². The van der Waals surface area contributed by atoms with Gasteiger partial charge in [0.05, 0.1) is 0 Å². The van der Waals surface area contributed by atoms with Crippen LogP contribution < -0.4 is 24.8 Å². The monoisotopic (exact) mass is 752 g/mol. The predicted octanol–water partition coefficient (Wildman–Crippen LogP) is -3.14. The molecule has 0 aromatic rings. The van der Waals surface area contributed by atoms with Crippen LogP contribution in [0.4, 0.5) is 0 Å². The fraction of sp³-hybridized carbons (Fsp3) is 0.200. The predicted molar refractivity (Wildman–Crippen MR) is 106 cm³/mol. The van der Waals surface area contributed by atoms with Crippen molar-refractivity contribution in [1.29, 1.82) is 0 Å². The van der Waals surface area contributed by atoms with Crippen molar-refractivity contribution in [2.24, 2.45) is 0 Å². The van der Waals surface area contributed by atoms with E-state index in [9.17, 15) is 0 Å². The molecule has 26 heavy (non-hydrogen) atoms. The Kier molecular flexibility index (Phi) is 57.9. The Labute approximate surface area is 219 Å². The minimum atomic E-state index is 0. The molecule has 4 rings (SSSR count). The molecule has 6 heteroatoms. The SMILES string of the molecule is [C-]1=CC=CC1.[C-]1=CC=CC1.[C-]1=CC=CC1.[C-]1=CC=CC1.[Cl-].[Cl-].[Hf].[Hf].[SiH3].[SiH3]. The van der Waals surface area contributed by atoms with E-state index in [1.54, 1.807) is 0 Å². The number of hydrogen-bond acceptors (Lipinski definition) is 0. The van der Waals surface area contributed by atoms with Gasteiger partial charge in [0.1, 0.15) is 0 Å². The first kappa shape index (κ1) is 41.1.